The maximum atomic E-state index is 6.54. The summed E-state index contributed by atoms with van der Waals surface area (Å²) < 4.78 is 0. The van der Waals surface area contributed by atoms with Gasteiger partial charge >= 0.3 is 0 Å². The SMILES string of the molecule is CN1CCC(c2ccc(C3(CN)CC3)cc2Cl)CC1. The minimum atomic E-state index is 0.245. The van der Waals surface area contributed by atoms with Crippen LogP contribution < -0.4 is 5.73 Å². The van der Waals surface area contributed by atoms with Gasteiger partial charge in [0.05, 0.1) is 0 Å². The molecule has 19 heavy (non-hydrogen) atoms. The molecule has 1 aliphatic heterocycles. The summed E-state index contributed by atoms with van der Waals surface area (Å²) in [5.74, 6) is 0.630. The number of halogens is 1. The maximum absolute atomic E-state index is 6.54. The number of likely N-dealkylation sites (tertiary alicyclic amines) is 1. The molecule has 1 saturated carbocycles. The fraction of sp³-hybridized carbons (Fsp3) is 0.625. The number of piperidine rings is 1. The smallest absolute Gasteiger partial charge is 0.0443 e. The zero-order valence-electron chi connectivity index (χ0n) is 11.7. The van der Waals surface area contributed by atoms with Gasteiger partial charge in [0, 0.05) is 17.0 Å². The second kappa shape index (κ2) is 5.08. The van der Waals surface area contributed by atoms with E-state index >= 15 is 0 Å². The number of rotatable bonds is 3. The number of nitrogens with zero attached hydrogens (tertiary/aromatic N) is 1. The highest BCUT2D eigenvalue weighted by molar-refractivity contribution is 6.31. The third-order valence-corrected chi connectivity index (χ3v) is 5.34. The Morgan fingerprint density at radius 2 is 2.00 bits per heavy atom. The van der Waals surface area contributed by atoms with Crippen LogP contribution in [0.2, 0.25) is 5.02 Å². The van der Waals surface area contributed by atoms with Crippen molar-refractivity contribution in [3.05, 3.63) is 34.3 Å². The van der Waals surface area contributed by atoms with E-state index in [1.54, 1.807) is 0 Å². The van der Waals surface area contributed by atoms with Crippen LogP contribution in [0, 0.1) is 0 Å². The molecule has 1 aromatic carbocycles. The average molecular weight is 279 g/mol. The molecule has 104 valence electrons. The van der Waals surface area contributed by atoms with Crippen molar-refractivity contribution in [2.45, 2.75) is 37.0 Å². The molecule has 0 radical (unpaired) electrons. The van der Waals surface area contributed by atoms with Crippen LogP contribution in [0.4, 0.5) is 0 Å². The first-order valence-electron chi connectivity index (χ1n) is 7.33. The Bertz CT molecular complexity index is 460. The van der Waals surface area contributed by atoms with Crippen molar-refractivity contribution < 1.29 is 0 Å². The molecule has 0 aromatic heterocycles. The molecule has 0 spiro atoms. The molecule has 0 atom stereocenters. The van der Waals surface area contributed by atoms with Gasteiger partial charge in [0.25, 0.3) is 0 Å². The Kier molecular flexibility index (Phi) is 3.59. The zero-order valence-corrected chi connectivity index (χ0v) is 12.4. The first-order chi connectivity index (χ1) is 9.14. The van der Waals surface area contributed by atoms with Gasteiger partial charge in [-0.05, 0) is 68.9 Å². The van der Waals surface area contributed by atoms with E-state index in [4.69, 9.17) is 17.3 Å². The maximum Gasteiger partial charge on any atom is 0.0443 e. The molecule has 3 heteroatoms. The molecule has 2 nitrogen and oxygen atoms in total. The summed E-state index contributed by atoms with van der Waals surface area (Å²) in [5, 5.41) is 0.951. The van der Waals surface area contributed by atoms with Crippen LogP contribution >= 0.6 is 11.6 Å². The van der Waals surface area contributed by atoms with Gasteiger partial charge in [-0.2, -0.15) is 0 Å². The van der Waals surface area contributed by atoms with Gasteiger partial charge in [0.15, 0.2) is 0 Å². The summed E-state index contributed by atoms with van der Waals surface area (Å²) in [6.45, 7) is 3.10. The van der Waals surface area contributed by atoms with Crippen molar-refractivity contribution in [2.24, 2.45) is 5.73 Å². The topological polar surface area (TPSA) is 29.3 Å². The van der Waals surface area contributed by atoms with Crippen molar-refractivity contribution in [3.8, 4) is 0 Å². The number of benzene rings is 1. The molecule has 3 rings (SSSR count). The van der Waals surface area contributed by atoms with Gasteiger partial charge in [0.1, 0.15) is 0 Å². The van der Waals surface area contributed by atoms with E-state index < -0.39 is 0 Å². The minimum Gasteiger partial charge on any atom is -0.330 e. The lowest BCUT2D eigenvalue weighted by Crippen LogP contribution is -2.29. The predicted octanol–water partition coefficient (Wildman–Crippen LogP) is 3.14. The van der Waals surface area contributed by atoms with Gasteiger partial charge in [-0.3, -0.25) is 0 Å². The van der Waals surface area contributed by atoms with Crippen LogP contribution in [-0.2, 0) is 5.41 Å². The van der Waals surface area contributed by atoms with Crippen molar-refractivity contribution in [1.82, 2.24) is 4.90 Å². The normalized spacial score (nSPS) is 23.5. The second-order valence-electron chi connectivity index (χ2n) is 6.30. The lowest BCUT2D eigenvalue weighted by atomic mass is 9.87. The Balaban J connectivity index is 1.80. The van der Waals surface area contributed by atoms with Crippen LogP contribution in [0.1, 0.15) is 42.7 Å². The number of hydrogen-bond acceptors (Lipinski definition) is 2. The quantitative estimate of drug-likeness (QED) is 0.920. The van der Waals surface area contributed by atoms with Crippen LogP contribution in [-0.4, -0.2) is 31.6 Å². The molecule has 1 aliphatic carbocycles. The third-order valence-electron chi connectivity index (χ3n) is 5.02. The van der Waals surface area contributed by atoms with E-state index in [2.05, 4.69) is 30.1 Å². The van der Waals surface area contributed by atoms with E-state index in [-0.39, 0.29) is 5.41 Å². The van der Waals surface area contributed by atoms with Crippen LogP contribution in [0.5, 0.6) is 0 Å². The summed E-state index contributed by atoms with van der Waals surface area (Å²) in [4.78, 5) is 2.40. The molecule has 2 aliphatic rings. The molecule has 1 aromatic rings. The molecule has 0 unspecified atom stereocenters. The Morgan fingerprint density at radius 3 is 2.53 bits per heavy atom. The first-order valence-corrected chi connectivity index (χ1v) is 7.71. The summed E-state index contributed by atoms with van der Waals surface area (Å²) in [6.07, 6.45) is 4.87. The highest BCUT2D eigenvalue weighted by Gasteiger charge is 2.43. The van der Waals surface area contributed by atoms with E-state index in [9.17, 15) is 0 Å². The average Bonchev–Trinajstić information content (AvgIpc) is 3.21. The van der Waals surface area contributed by atoms with Gasteiger partial charge in [-0.15, -0.1) is 0 Å². The highest BCUT2D eigenvalue weighted by atomic mass is 35.5. The third kappa shape index (κ3) is 2.54. The van der Waals surface area contributed by atoms with Gasteiger partial charge in [-0.25, -0.2) is 0 Å². The Morgan fingerprint density at radius 1 is 1.32 bits per heavy atom. The minimum absolute atomic E-state index is 0.245. The van der Waals surface area contributed by atoms with E-state index in [1.807, 2.05) is 0 Å². The van der Waals surface area contributed by atoms with E-state index in [1.165, 1.54) is 49.9 Å². The zero-order chi connectivity index (χ0) is 13.5. The lowest BCUT2D eigenvalue weighted by molar-refractivity contribution is 0.255. The Hall–Kier alpha value is -0.570. The van der Waals surface area contributed by atoms with Gasteiger partial charge in [0.2, 0.25) is 0 Å². The fourth-order valence-corrected chi connectivity index (χ4v) is 3.60. The van der Waals surface area contributed by atoms with Crippen molar-refractivity contribution >= 4 is 11.6 Å². The van der Waals surface area contributed by atoms with Crippen LogP contribution in [0.25, 0.3) is 0 Å². The van der Waals surface area contributed by atoms with Crippen molar-refractivity contribution in [1.29, 1.82) is 0 Å². The van der Waals surface area contributed by atoms with E-state index in [0.717, 1.165) is 11.6 Å². The summed E-state index contributed by atoms with van der Waals surface area (Å²) >= 11 is 6.54. The molecular formula is C16H23ClN2. The first kappa shape index (κ1) is 13.4. The molecule has 0 bridgehead atoms. The number of nitrogens with two attached hydrogens (primary N) is 1. The molecule has 2 fully saturated rings. The summed E-state index contributed by atoms with van der Waals surface area (Å²) in [6, 6.07) is 6.69. The van der Waals surface area contributed by atoms with Crippen LogP contribution in [0.15, 0.2) is 18.2 Å². The lowest BCUT2D eigenvalue weighted by Gasteiger charge is -2.30. The van der Waals surface area contributed by atoms with Crippen molar-refractivity contribution in [2.75, 3.05) is 26.7 Å². The molecule has 1 saturated heterocycles. The molecule has 0 amide bonds. The second-order valence-corrected chi connectivity index (χ2v) is 6.71. The monoisotopic (exact) mass is 278 g/mol. The summed E-state index contributed by atoms with van der Waals surface area (Å²) in [5.41, 5.74) is 8.83. The van der Waals surface area contributed by atoms with Crippen molar-refractivity contribution in [3.63, 3.8) is 0 Å². The highest BCUT2D eigenvalue weighted by Crippen LogP contribution is 2.48. The standard InChI is InChI=1S/C16H23ClN2/c1-19-8-4-12(5-9-19)14-3-2-13(10-15(14)17)16(11-18)6-7-16/h2-3,10,12H,4-9,11,18H2,1H3. The van der Waals surface area contributed by atoms with E-state index in [0.29, 0.717) is 5.92 Å². The fourth-order valence-electron chi connectivity index (χ4n) is 3.27. The van der Waals surface area contributed by atoms with Crippen LogP contribution in [0.3, 0.4) is 0 Å². The number of hydrogen-bond donors (Lipinski definition) is 1. The largest absolute Gasteiger partial charge is 0.330 e. The molecule has 1 heterocycles. The molecule has 2 N–H and O–H groups in total. The Labute approximate surface area is 120 Å². The van der Waals surface area contributed by atoms with Gasteiger partial charge in [-0.1, -0.05) is 23.7 Å². The predicted molar refractivity (Wildman–Crippen MR) is 80.9 cm³/mol. The summed E-state index contributed by atoms with van der Waals surface area (Å²) in [7, 11) is 2.19. The molecular weight excluding hydrogens is 256 g/mol. The van der Waals surface area contributed by atoms with Gasteiger partial charge < -0.3 is 10.6 Å².